The van der Waals surface area contributed by atoms with E-state index < -0.39 is 18.1 Å². The molecule has 0 rings (SSSR count). The number of hydrogen-bond donors (Lipinski definition) is 3. The molecule has 0 aliphatic heterocycles. The van der Waals surface area contributed by atoms with E-state index in [2.05, 4.69) is 0 Å². The average molecular weight is 159 g/mol. The normalized spacial score (nSPS) is 15.4. The fourth-order valence-corrected chi connectivity index (χ4v) is 0.206. The van der Waals surface area contributed by atoms with Gasteiger partial charge in [0.1, 0.15) is 6.04 Å². The van der Waals surface area contributed by atoms with Crippen molar-refractivity contribution < 1.29 is 15.0 Å². The molecular formula is C4H9CaNO3+2. The Kier molecular flexibility index (Phi) is 7.45. The fourth-order valence-electron chi connectivity index (χ4n) is 0.206. The number of nitrogens with two attached hydrogens (primary N) is 1. The van der Waals surface area contributed by atoms with Crippen molar-refractivity contribution in [3.8, 4) is 0 Å². The summed E-state index contributed by atoms with van der Waals surface area (Å²) >= 11 is 0. The van der Waals surface area contributed by atoms with Gasteiger partial charge in [-0.05, 0) is 6.92 Å². The molecule has 0 amide bonds. The molecule has 5 heteroatoms. The molecule has 0 aromatic rings. The summed E-state index contributed by atoms with van der Waals surface area (Å²) < 4.78 is 0. The molecule has 48 valence electrons. The molecule has 0 saturated heterocycles. The predicted molar refractivity (Wildman–Crippen MR) is 33.0 cm³/mol. The standard InChI is InChI=1S/C4H9NO3.Ca/c1-2(6)3(5)4(7)8;/h2-3,6H,5H2,1H3,(H,7,8);/q;+2. The Morgan fingerprint density at radius 1 is 1.67 bits per heavy atom. The Balaban J connectivity index is 0. The van der Waals surface area contributed by atoms with E-state index in [1.807, 2.05) is 0 Å². The second kappa shape index (κ2) is 5.44. The summed E-state index contributed by atoms with van der Waals surface area (Å²) in [6.07, 6.45) is -0.979. The maximum atomic E-state index is 9.86. The average Bonchev–Trinajstić information content (AvgIpc) is 1.64. The van der Waals surface area contributed by atoms with Gasteiger partial charge in [0.15, 0.2) is 0 Å². The van der Waals surface area contributed by atoms with Gasteiger partial charge >= 0.3 is 43.7 Å². The van der Waals surface area contributed by atoms with Crippen LogP contribution < -0.4 is 5.73 Å². The minimum absolute atomic E-state index is 0. The Morgan fingerprint density at radius 3 is 2.00 bits per heavy atom. The SMILES string of the molecule is CC(O)C(N)C(=O)O.[Ca+2]. The van der Waals surface area contributed by atoms with Gasteiger partial charge in [0.2, 0.25) is 0 Å². The molecule has 0 aromatic heterocycles. The van der Waals surface area contributed by atoms with Crippen molar-refractivity contribution in [2.45, 2.75) is 19.1 Å². The van der Waals surface area contributed by atoms with Crippen LogP contribution in [0.1, 0.15) is 6.92 Å². The zero-order valence-electron chi connectivity index (χ0n) is 5.24. The van der Waals surface area contributed by atoms with Crippen LogP contribution in [0.3, 0.4) is 0 Å². The number of hydrogen-bond acceptors (Lipinski definition) is 3. The minimum Gasteiger partial charge on any atom is -0.480 e. The monoisotopic (exact) mass is 159 g/mol. The van der Waals surface area contributed by atoms with Crippen LogP contribution in [0.2, 0.25) is 0 Å². The van der Waals surface area contributed by atoms with Gasteiger partial charge in [0.25, 0.3) is 0 Å². The van der Waals surface area contributed by atoms with E-state index in [4.69, 9.17) is 15.9 Å². The Labute approximate surface area is 83.0 Å². The summed E-state index contributed by atoms with van der Waals surface area (Å²) in [5, 5.41) is 16.6. The molecule has 0 radical (unpaired) electrons. The van der Waals surface area contributed by atoms with Gasteiger partial charge in [-0.2, -0.15) is 0 Å². The third-order valence-corrected chi connectivity index (χ3v) is 0.805. The number of carboxylic acids is 1. The first-order chi connectivity index (χ1) is 3.55. The summed E-state index contributed by atoms with van der Waals surface area (Å²) in [6, 6.07) is -1.16. The van der Waals surface area contributed by atoms with Crippen molar-refractivity contribution in [1.82, 2.24) is 0 Å². The third kappa shape index (κ3) is 5.11. The summed E-state index contributed by atoms with van der Waals surface area (Å²) in [6.45, 7) is 1.33. The zero-order chi connectivity index (χ0) is 6.73. The van der Waals surface area contributed by atoms with Gasteiger partial charge in [-0.15, -0.1) is 0 Å². The van der Waals surface area contributed by atoms with Crippen molar-refractivity contribution in [2.75, 3.05) is 0 Å². The Morgan fingerprint density at radius 2 is 2.00 bits per heavy atom. The van der Waals surface area contributed by atoms with E-state index in [0.717, 1.165) is 0 Å². The molecule has 0 heterocycles. The van der Waals surface area contributed by atoms with Crippen molar-refractivity contribution in [3.05, 3.63) is 0 Å². The van der Waals surface area contributed by atoms with Crippen molar-refractivity contribution in [2.24, 2.45) is 5.73 Å². The smallest absolute Gasteiger partial charge is 0.480 e. The van der Waals surface area contributed by atoms with Crippen molar-refractivity contribution >= 4 is 43.7 Å². The number of aliphatic hydroxyl groups is 1. The molecule has 0 saturated carbocycles. The predicted octanol–water partition coefficient (Wildman–Crippen LogP) is -1.60. The van der Waals surface area contributed by atoms with Crippen LogP contribution in [-0.4, -0.2) is 66.1 Å². The van der Waals surface area contributed by atoms with Crippen molar-refractivity contribution in [1.29, 1.82) is 0 Å². The summed E-state index contributed by atoms with van der Waals surface area (Å²) in [5.74, 6) is -1.18. The molecule has 0 fully saturated rings. The van der Waals surface area contributed by atoms with Crippen LogP contribution in [0.15, 0.2) is 0 Å². The first-order valence-electron chi connectivity index (χ1n) is 2.22. The Bertz CT molecular complexity index is 95.8. The van der Waals surface area contributed by atoms with Crippen LogP contribution in [0.5, 0.6) is 0 Å². The van der Waals surface area contributed by atoms with E-state index in [0.29, 0.717) is 0 Å². The largest absolute Gasteiger partial charge is 2.00 e. The molecule has 0 spiro atoms. The molecule has 2 unspecified atom stereocenters. The van der Waals surface area contributed by atoms with E-state index in [9.17, 15) is 4.79 Å². The van der Waals surface area contributed by atoms with Gasteiger partial charge in [0, 0.05) is 0 Å². The summed E-state index contributed by atoms with van der Waals surface area (Å²) in [5.41, 5.74) is 4.91. The van der Waals surface area contributed by atoms with Crippen molar-refractivity contribution in [3.63, 3.8) is 0 Å². The van der Waals surface area contributed by atoms with E-state index >= 15 is 0 Å². The van der Waals surface area contributed by atoms with E-state index in [-0.39, 0.29) is 37.7 Å². The van der Waals surface area contributed by atoms with E-state index in [1.165, 1.54) is 6.92 Å². The number of carboxylic acid groups (broad SMARTS) is 1. The molecule has 4 nitrogen and oxygen atoms in total. The second-order valence-electron chi connectivity index (χ2n) is 1.60. The van der Waals surface area contributed by atoms with Crippen LogP contribution in [0.25, 0.3) is 0 Å². The minimum atomic E-state index is -1.18. The molecule has 9 heavy (non-hydrogen) atoms. The molecule has 4 N–H and O–H groups in total. The molecule has 0 bridgehead atoms. The van der Waals surface area contributed by atoms with Crippen LogP contribution >= 0.6 is 0 Å². The second-order valence-corrected chi connectivity index (χ2v) is 1.60. The quantitative estimate of drug-likeness (QED) is 0.424. The van der Waals surface area contributed by atoms with Gasteiger partial charge in [0.05, 0.1) is 6.10 Å². The summed E-state index contributed by atoms with van der Waals surface area (Å²) in [4.78, 5) is 9.86. The van der Waals surface area contributed by atoms with Gasteiger partial charge in [-0.1, -0.05) is 0 Å². The first-order valence-corrected chi connectivity index (χ1v) is 2.22. The van der Waals surface area contributed by atoms with Gasteiger partial charge < -0.3 is 15.9 Å². The molecule has 2 atom stereocenters. The van der Waals surface area contributed by atoms with Gasteiger partial charge in [-0.3, -0.25) is 4.79 Å². The topological polar surface area (TPSA) is 83.5 Å². The van der Waals surface area contributed by atoms with Crippen LogP contribution in [0.4, 0.5) is 0 Å². The summed E-state index contributed by atoms with van der Waals surface area (Å²) in [7, 11) is 0. The first kappa shape index (κ1) is 12.3. The third-order valence-electron chi connectivity index (χ3n) is 0.805. The molecule has 0 aliphatic carbocycles. The maximum Gasteiger partial charge on any atom is 2.00 e. The molecular weight excluding hydrogens is 150 g/mol. The van der Waals surface area contributed by atoms with Crippen LogP contribution in [0, 0.1) is 0 Å². The maximum absolute atomic E-state index is 9.86. The molecule has 0 aliphatic rings. The number of aliphatic carboxylic acids is 1. The number of carbonyl (C=O) groups is 1. The van der Waals surface area contributed by atoms with Crippen LogP contribution in [-0.2, 0) is 4.79 Å². The zero-order valence-corrected chi connectivity index (χ0v) is 7.45. The Hall–Kier alpha value is 0.650. The fraction of sp³-hybridized carbons (Fsp3) is 0.750. The number of aliphatic hydroxyl groups excluding tert-OH is 1. The molecule has 0 aromatic carbocycles. The van der Waals surface area contributed by atoms with E-state index in [1.54, 1.807) is 0 Å². The number of rotatable bonds is 2. The van der Waals surface area contributed by atoms with Gasteiger partial charge in [-0.25, -0.2) is 0 Å².